The van der Waals surface area contributed by atoms with Crippen LogP contribution in [0.4, 0.5) is 5.69 Å². The molecule has 1 amide bonds. The monoisotopic (exact) mass is 441 g/mol. The molecule has 31 heavy (non-hydrogen) atoms. The second-order valence-electron chi connectivity index (χ2n) is 7.97. The lowest BCUT2D eigenvalue weighted by Crippen LogP contribution is -2.28. The van der Waals surface area contributed by atoms with Crippen LogP contribution in [0.25, 0.3) is 5.65 Å². The molecule has 1 fully saturated rings. The number of fused-ring (bicyclic) bond motifs is 1. The van der Waals surface area contributed by atoms with Gasteiger partial charge < -0.3 is 14.6 Å². The van der Waals surface area contributed by atoms with Crippen molar-refractivity contribution in [1.82, 2.24) is 19.0 Å². The van der Waals surface area contributed by atoms with Crippen LogP contribution >= 0.6 is 0 Å². The molecule has 0 aliphatic carbocycles. The van der Waals surface area contributed by atoms with Crippen molar-refractivity contribution in [2.75, 3.05) is 32.1 Å². The minimum atomic E-state index is -3.64. The Balaban J connectivity index is 1.63. The molecule has 1 aliphatic rings. The van der Waals surface area contributed by atoms with Crippen molar-refractivity contribution < 1.29 is 13.2 Å². The van der Waals surface area contributed by atoms with E-state index < -0.39 is 10.0 Å². The predicted octanol–water partition coefficient (Wildman–Crippen LogP) is 2.42. The van der Waals surface area contributed by atoms with Crippen molar-refractivity contribution in [1.29, 1.82) is 0 Å². The number of rotatable bonds is 6. The third-order valence-corrected chi connectivity index (χ3v) is 7.42. The van der Waals surface area contributed by atoms with Crippen LogP contribution in [0.1, 0.15) is 34.6 Å². The van der Waals surface area contributed by atoms with Gasteiger partial charge in [-0.25, -0.2) is 17.7 Å². The Kier molecular flexibility index (Phi) is 5.72. The molecule has 0 saturated carbocycles. The number of anilines is 1. The van der Waals surface area contributed by atoms with Gasteiger partial charge in [-0.3, -0.25) is 4.79 Å². The third kappa shape index (κ3) is 4.15. The van der Waals surface area contributed by atoms with E-state index in [2.05, 4.69) is 15.2 Å². The summed E-state index contributed by atoms with van der Waals surface area (Å²) in [4.78, 5) is 19.9. The minimum Gasteiger partial charge on any atom is -0.371 e. The number of pyridine rings is 1. The van der Waals surface area contributed by atoms with Crippen molar-refractivity contribution in [2.45, 2.75) is 31.2 Å². The number of aryl methyl sites for hydroxylation is 1. The molecule has 0 unspecified atom stereocenters. The third-order valence-electron chi connectivity index (χ3n) is 5.61. The largest absolute Gasteiger partial charge is 0.371 e. The number of sulfonamides is 1. The van der Waals surface area contributed by atoms with Crippen molar-refractivity contribution in [3.8, 4) is 0 Å². The fourth-order valence-corrected chi connectivity index (χ4v) is 4.78. The summed E-state index contributed by atoms with van der Waals surface area (Å²) in [6.45, 7) is 3.96. The molecule has 164 valence electrons. The smallest absolute Gasteiger partial charge is 0.253 e. The maximum atomic E-state index is 13.1. The highest BCUT2D eigenvalue weighted by Gasteiger charge is 2.24. The van der Waals surface area contributed by atoms with Crippen molar-refractivity contribution in [3.63, 3.8) is 0 Å². The Morgan fingerprint density at radius 1 is 1.16 bits per heavy atom. The molecule has 2 aromatic heterocycles. The first kappa shape index (κ1) is 21.3. The van der Waals surface area contributed by atoms with E-state index in [0.29, 0.717) is 5.56 Å². The lowest BCUT2D eigenvalue weighted by atomic mass is 10.1. The lowest BCUT2D eigenvalue weighted by molar-refractivity contribution is 0.0950. The molecule has 0 radical (unpaired) electrons. The summed E-state index contributed by atoms with van der Waals surface area (Å²) in [5.74, 6) is -0.313. The molecule has 1 aromatic carbocycles. The van der Waals surface area contributed by atoms with Gasteiger partial charge in [0, 0.05) is 44.8 Å². The number of imidazole rings is 1. The van der Waals surface area contributed by atoms with Gasteiger partial charge in [0.05, 0.1) is 22.7 Å². The van der Waals surface area contributed by atoms with Gasteiger partial charge in [0.2, 0.25) is 10.0 Å². The molecule has 1 saturated heterocycles. The summed E-state index contributed by atoms with van der Waals surface area (Å²) >= 11 is 0. The number of carbonyl (C=O) groups excluding carboxylic acids is 1. The number of hydrogen-bond acceptors (Lipinski definition) is 5. The average molecular weight is 442 g/mol. The second-order valence-corrected chi connectivity index (χ2v) is 10.1. The van der Waals surface area contributed by atoms with Gasteiger partial charge in [-0.2, -0.15) is 0 Å². The van der Waals surface area contributed by atoms with Gasteiger partial charge in [-0.1, -0.05) is 6.07 Å². The van der Waals surface area contributed by atoms with Crippen LogP contribution < -0.4 is 10.2 Å². The van der Waals surface area contributed by atoms with Crippen molar-refractivity contribution >= 4 is 27.3 Å². The van der Waals surface area contributed by atoms with E-state index in [0.717, 1.165) is 53.0 Å². The molecule has 1 aliphatic heterocycles. The minimum absolute atomic E-state index is 0.106. The molecule has 0 atom stereocenters. The number of nitrogens with one attached hydrogen (secondary N) is 1. The van der Waals surface area contributed by atoms with E-state index in [1.54, 1.807) is 12.1 Å². The van der Waals surface area contributed by atoms with Crippen LogP contribution in [0.15, 0.2) is 47.5 Å². The van der Waals surface area contributed by atoms with Gasteiger partial charge in [-0.05, 0) is 50.1 Å². The molecular weight excluding hydrogens is 414 g/mol. The molecule has 3 heterocycles. The topological polar surface area (TPSA) is 87.0 Å². The number of amides is 1. The SMILES string of the molecule is Cc1cccc2nc(CNC(=O)c3cc(S(=O)(=O)N(C)C)ccc3N3CCCC3)cn12. The molecule has 0 spiro atoms. The summed E-state index contributed by atoms with van der Waals surface area (Å²) < 4.78 is 28.4. The second kappa shape index (κ2) is 8.32. The summed E-state index contributed by atoms with van der Waals surface area (Å²) in [7, 11) is -0.681. The first-order valence-electron chi connectivity index (χ1n) is 10.3. The Morgan fingerprint density at radius 3 is 2.58 bits per heavy atom. The van der Waals surface area contributed by atoms with E-state index in [9.17, 15) is 13.2 Å². The van der Waals surface area contributed by atoms with E-state index >= 15 is 0 Å². The van der Waals surface area contributed by atoms with E-state index in [-0.39, 0.29) is 17.3 Å². The highest BCUT2D eigenvalue weighted by molar-refractivity contribution is 7.89. The average Bonchev–Trinajstić information content (AvgIpc) is 3.42. The molecule has 3 aromatic rings. The predicted molar refractivity (Wildman–Crippen MR) is 120 cm³/mol. The summed E-state index contributed by atoms with van der Waals surface area (Å²) in [6.07, 6.45) is 4.01. The zero-order valence-corrected chi connectivity index (χ0v) is 18.8. The van der Waals surface area contributed by atoms with Gasteiger partial charge in [0.15, 0.2) is 0 Å². The molecule has 1 N–H and O–H groups in total. The number of carbonyl (C=O) groups is 1. The van der Waals surface area contributed by atoms with E-state index in [1.807, 2.05) is 35.7 Å². The number of aromatic nitrogens is 2. The zero-order chi connectivity index (χ0) is 22.2. The Morgan fingerprint density at radius 2 is 1.90 bits per heavy atom. The van der Waals surface area contributed by atoms with Gasteiger partial charge >= 0.3 is 0 Å². The first-order valence-corrected chi connectivity index (χ1v) is 11.7. The van der Waals surface area contributed by atoms with Crippen LogP contribution in [-0.4, -0.2) is 55.2 Å². The van der Waals surface area contributed by atoms with Gasteiger partial charge in [0.25, 0.3) is 5.91 Å². The number of benzene rings is 1. The fraction of sp³-hybridized carbons (Fsp3) is 0.364. The first-order chi connectivity index (χ1) is 14.8. The molecule has 9 heteroatoms. The van der Waals surface area contributed by atoms with Crippen LogP contribution in [0.3, 0.4) is 0 Å². The van der Waals surface area contributed by atoms with E-state index in [1.165, 1.54) is 20.2 Å². The van der Waals surface area contributed by atoms with Crippen LogP contribution in [0.2, 0.25) is 0 Å². The maximum Gasteiger partial charge on any atom is 0.253 e. The summed E-state index contributed by atoms with van der Waals surface area (Å²) in [5.41, 5.74) is 3.74. The van der Waals surface area contributed by atoms with Crippen LogP contribution in [0.5, 0.6) is 0 Å². The number of hydrogen-bond donors (Lipinski definition) is 1. The zero-order valence-electron chi connectivity index (χ0n) is 18.0. The van der Waals surface area contributed by atoms with Gasteiger partial charge in [-0.15, -0.1) is 0 Å². The Labute approximate surface area is 182 Å². The van der Waals surface area contributed by atoms with Crippen molar-refractivity contribution in [3.05, 3.63) is 59.5 Å². The molecule has 4 rings (SSSR count). The fourth-order valence-electron chi connectivity index (χ4n) is 3.85. The standard InChI is InChI=1S/C22H27N5O3S/c1-16-7-6-8-21-24-17(15-27(16)21)14-23-22(28)19-13-18(31(29,30)25(2)3)9-10-20(19)26-11-4-5-12-26/h6-10,13,15H,4-5,11-12,14H2,1-3H3,(H,23,28). The Hall–Kier alpha value is -2.91. The van der Waals surface area contributed by atoms with Crippen LogP contribution in [-0.2, 0) is 16.6 Å². The molecule has 0 bridgehead atoms. The van der Waals surface area contributed by atoms with Crippen LogP contribution in [0, 0.1) is 6.92 Å². The highest BCUT2D eigenvalue weighted by atomic mass is 32.2. The normalized spacial score (nSPS) is 14.5. The highest BCUT2D eigenvalue weighted by Crippen LogP contribution is 2.28. The molecule has 8 nitrogen and oxygen atoms in total. The number of nitrogens with zero attached hydrogens (tertiary/aromatic N) is 4. The lowest BCUT2D eigenvalue weighted by Gasteiger charge is -2.22. The summed E-state index contributed by atoms with van der Waals surface area (Å²) in [6, 6.07) is 10.6. The van der Waals surface area contributed by atoms with Gasteiger partial charge in [0.1, 0.15) is 5.65 Å². The van der Waals surface area contributed by atoms with E-state index in [4.69, 9.17) is 0 Å². The summed E-state index contributed by atoms with van der Waals surface area (Å²) in [5, 5.41) is 2.92. The maximum absolute atomic E-state index is 13.1. The van der Waals surface area contributed by atoms with Crippen molar-refractivity contribution in [2.24, 2.45) is 0 Å². The Bertz CT molecular complexity index is 1230. The molecular formula is C22H27N5O3S. The quantitative estimate of drug-likeness (QED) is 0.635.